The van der Waals surface area contributed by atoms with E-state index in [1.807, 2.05) is 41.9 Å². The molecule has 0 saturated heterocycles. The summed E-state index contributed by atoms with van der Waals surface area (Å²) in [6, 6.07) is 16.3. The average molecular weight is 365 g/mol. The summed E-state index contributed by atoms with van der Waals surface area (Å²) in [5.41, 5.74) is 8.14. The second kappa shape index (κ2) is 7.19. The first-order chi connectivity index (χ1) is 13.2. The van der Waals surface area contributed by atoms with Crippen LogP contribution in [0.5, 0.6) is 11.5 Å². The number of aromatic nitrogens is 3. The summed E-state index contributed by atoms with van der Waals surface area (Å²) in [7, 11) is 1.67. The fraction of sp³-hybridized carbons (Fsp3) is 0.300. The standard InChI is InChI=1S/C20H23N5O2/c1-3-27-15-9-7-13(8-10-15)17-12-18(14-5-4-6-16(11-14)26-2)25-20(22-17)23-19(21)24-25/h4-11,17-18H,3,12H2,1-2H3,(H3,21,22,23,24)/t17-,18-/m1/s1. The minimum atomic E-state index is 0.0118. The van der Waals surface area contributed by atoms with Crippen LogP contribution in [0.2, 0.25) is 0 Å². The second-order valence-electron chi connectivity index (χ2n) is 6.47. The molecule has 2 heterocycles. The molecule has 7 heteroatoms. The first-order valence-corrected chi connectivity index (χ1v) is 9.03. The van der Waals surface area contributed by atoms with Gasteiger partial charge in [-0.25, -0.2) is 4.68 Å². The van der Waals surface area contributed by atoms with Crippen molar-refractivity contribution >= 4 is 11.9 Å². The minimum absolute atomic E-state index is 0.0118. The lowest BCUT2D eigenvalue weighted by molar-refractivity contribution is 0.340. The number of methoxy groups -OCH3 is 1. The number of benzene rings is 2. The van der Waals surface area contributed by atoms with Crippen LogP contribution in [0, 0.1) is 0 Å². The number of anilines is 2. The van der Waals surface area contributed by atoms with E-state index < -0.39 is 0 Å². The van der Waals surface area contributed by atoms with Gasteiger partial charge in [0.25, 0.3) is 0 Å². The van der Waals surface area contributed by atoms with E-state index in [0.717, 1.165) is 23.5 Å². The molecule has 27 heavy (non-hydrogen) atoms. The first-order valence-electron chi connectivity index (χ1n) is 9.03. The number of nitrogens with zero attached hydrogens (tertiary/aromatic N) is 3. The molecule has 3 N–H and O–H groups in total. The first kappa shape index (κ1) is 17.2. The Balaban J connectivity index is 1.68. The number of rotatable bonds is 5. The molecule has 0 radical (unpaired) electrons. The van der Waals surface area contributed by atoms with Gasteiger partial charge in [0.15, 0.2) is 0 Å². The maximum Gasteiger partial charge on any atom is 0.241 e. The zero-order chi connectivity index (χ0) is 18.8. The van der Waals surface area contributed by atoms with Gasteiger partial charge in [-0.1, -0.05) is 24.3 Å². The molecule has 1 aliphatic rings. The molecule has 3 aromatic rings. The smallest absolute Gasteiger partial charge is 0.241 e. The topological polar surface area (TPSA) is 87.2 Å². The molecule has 0 bridgehead atoms. The number of ether oxygens (including phenoxy) is 2. The third kappa shape index (κ3) is 3.40. The fourth-order valence-corrected chi connectivity index (χ4v) is 3.50. The highest BCUT2D eigenvalue weighted by Gasteiger charge is 2.31. The van der Waals surface area contributed by atoms with Crippen LogP contribution in [0.3, 0.4) is 0 Å². The van der Waals surface area contributed by atoms with Crippen molar-refractivity contribution in [2.45, 2.75) is 25.4 Å². The van der Waals surface area contributed by atoms with E-state index in [1.54, 1.807) is 7.11 Å². The monoisotopic (exact) mass is 365 g/mol. The van der Waals surface area contributed by atoms with E-state index in [1.165, 1.54) is 5.56 Å². The molecule has 7 nitrogen and oxygen atoms in total. The van der Waals surface area contributed by atoms with E-state index in [-0.39, 0.29) is 18.0 Å². The van der Waals surface area contributed by atoms with Crippen molar-refractivity contribution in [3.8, 4) is 11.5 Å². The fourth-order valence-electron chi connectivity index (χ4n) is 3.50. The van der Waals surface area contributed by atoms with Crippen LogP contribution >= 0.6 is 0 Å². The molecule has 0 amide bonds. The summed E-state index contributed by atoms with van der Waals surface area (Å²) in [6.45, 7) is 2.63. The molecule has 0 saturated carbocycles. The lowest BCUT2D eigenvalue weighted by Gasteiger charge is -2.31. The number of fused-ring (bicyclic) bond motifs is 1. The van der Waals surface area contributed by atoms with E-state index in [0.29, 0.717) is 12.6 Å². The predicted octanol–water partition coefficient (Wildman–Crippen LogP) is 3.41. The van der Waals surface area contributed by atoms with Gasteiger partial charge in [-0.3, -0.25) is 0 Å². The average Bonchev–Trinajstić information content (AvgIpc) is 3.08. The minimum Gasteiger partial charge on any atom is -0.497 e. The van der Waals surface area contributed by atoms with Crippen LogP contribution in [-0.2, 0) is 0 Å². The summed E-state index contributed by atoms with van der Waals surface area (Å²) in [5.74, 6) is 2.62. The van der Waals surface area contributed by atoms with E-state index >= 15 is 0 Å². The molecule has 0 spiro atoms. The van der Waals surface area contributed by atoms with Crippen molar-refractivity contribution in [2.24, 2.45) is 0 Å². The highest BCUT2D eigenvalue weighted by atomic mass is 16.5. The number of nitrogens with two attached hydrogens (primary N) is 1. The molecule has 4 rings (SSSR count). The summed E-state index contributed by atoms with van der Waals surface area (Å²) < 4.78 is 12.8. The summed E-state index contributed by atoms with van der Waals surface area (Å²) in [4.78, 5) is 4.35. The molecule has 1 aromatic heterocycles. The molecular weight excluding hydrogens is 342 g/mol. The van der Waals surface area contributed by atoms with Crippen LogP contribution in [-0.4, -0.2) is 28.5 Å². The van der Waals surface area contributed by atoms with Gasteiger partial charge in [0.1, 0.15) is 11.5 Å². The third-order valence-electron chi connectivity index (χ3n) is 4.78. The molecule has 1 aliphatic heterocycles. The highest BCUT2D eigenvalue weighted by Crippen LogP contribution is 2.39. The Hall–Kier alpha value is -3.22. The van der Waals surface area contributed by atoms with Crippen molar-refractivity contribution < 1.29 is 9.47 Å². The Bertz CT molecular complexity index is 922. The van der Waals surface area contributed by atoms with Crippen LogP contribution in [0.4, 0.5) is 11.9 Å². The molecular formula is C20H23N5O2. The van der Waals surface area contributed by atoms with Crippen molar-refractivity contribution in [3.05, 3.63) is 59.7 Å². The van der Waals surface area contributed by atoms with Crippen molar-refractivity contribution in [3.63, 3.8) is 0 Å². The largest absolute Gasteiger partial charge is 0.497 e. The molecule has 0 unspecified atom stereocenters. The Labute approximate surface area is 158 Å². The SMILES string of the molecule is CCOc1ccc([C@H]2C[C@H](c3cccc(OC)c3)n3nc(N)nc3N2)cc1. The highest BCUT2D eigenvalue weighted by molar-refractivity contribution is 5.43. The zero-order valence-corrected chi connectivity index (χ0v) is 15.4. The number of nitrogen functional groups attached to an aromatic ring is 1. The lowest BCUT2D eigenvalue weighted by Crippen LogP contribution is -2.28. The maximum absolute atomic E-state index is 5.87. The Morgan fingerprint density at radius 3 is 2.70 bits per heavy atom. The normalized spacial score (nSPS) is 18.4. The maximum atomic E-state index is 5.87. The van der Waals surface area contributed by atoms with Gasteiger partial charge in [0.05, 0.1) is 25.8 Å². The third-order valence-corrected chi connectivity index (χ3v) is 4.78. The van der Waals surface area contributed by atoms with E-state index in [2.05, 4.69) is 33.6 Å². The van der Waals surface area contributed by atoms with Crippen LogP contribution in [0.1, 0.15) is 36.6 Å². The number of hydrogen-bond donors (Lipinski definition) is 2. The Kier molecular flexibility index (Phi) is 4.58. The molecule has 140 valence electrons. The Morgan fingerprint density at radius 1 is 1.15 bits per heavy atom. The number of hydrogen-bond acceptors (Lipinski definition) is 6. The molecule has 0 fully saturated rings. The van der Waals surface area contributed by atoms with Gasteiger partial charge in [-0.15, -0.1) is 5.10 Å². The van der Waals surface area contributed by atoms with Crippen LogP contribution in [0.25, 0.3) is 0 Å². The summed E-state index contributed by atoms with van der Waals surface area (Å²) in [5, 5.41) is 7.84. The predicted molar refractivity (Wildman–Crippen MR) is 104 cm³/mol. The molecule has 0 aliphatic carbocycles. The second-order valence-corrected chi connectivity index (χ2v) is 6.47. The lowest BCUT2D eigenvalue weighted by atomic mass is 9.93. The molecule has 2 aromatic carbocycles. The van der Waals surface area contributed by atoms with Gasteiger partial charge in [-0.05, 0) is 48.7 Å². The number of nitrogens with one attached hydrogen (secondary N) is 1. The van der Waals surface area contributed by atoms with Gasteiger partial charge < -0.3 is 20.5 Å². The quantitative estimate of drug-likeness (QED) is 0.720. The summed E-state index contributed by atoms with van der Waals surface area (Å²) >= 11 is 0. The zero-order valence-electron chi connectivity index (χ0n) is 15.4. The van der Waals surface area contributed by atoms with Crippen LogP contribution < -0.4 is 20.5 Å². The van der Waals surface area contributed by atoms with Crippen LogP contribution in [0.15, 0.2) is 48.5 Å². The van der Waals surface area contributed by atoms with Crippen molar-refractivity contribution in [1.29, 1.82) is 0 Å². The van der Waals surface area contributed by atoms with Gasteiger partial charge in [-0.2, -0.15) is 4.98 Å². The van der Waals surface area contributed by atoms with E-state index in [4.69, 9.17) is 15.2 Å². The van der Waals surface area contributed by atoms with Gasteiger partial charge >= 0.3 is 0 Å². The van der Waals surface area contributed by atoms with Gasteiger partial charge in [0.2, 0.25) is 11.9 Å². The van der Waals surface area contributed by atoms with Crippen molar-refractivity contribution in [2.75, 3.05) is 24.8 Å². The summed E-state index contributed by atoms with van der Waals surface area (Å²) in [6.07, 6.45) is 0.816. The van der Waals surface area contributed by atoms with E-state index in [9.17, 15) is 0 Å². The van der Waals surface area contributed by atoms with Gasteiger partial charge in [0, 0.05) is 0 Å². The Morgan fingerprint density at radius 2 is 1.96 bits per heavy atom. The van der Waals surface area contributed by atoms with Crippen molar-refractivity contribution in [1.82, 2.24) is 14.8 Å². The molecule has 2 atom stereocenters.